The van der Waals surface area contributed by atoms with Crippen LogP contribution in [-0.4, -0.2) is 27.3 Å². The Kier molecular flexibility index (Phi) is 5.37. The molecule has 0 aliphatic rings. The maximum Gasteiger partial charge on any atom is 0.254 e. The van der Waals surface area contributed by atoms with Crippen molar-refractivity contribution in [3.05, 3.63) is 95.3 Å². The summed E-state index contributed by atoms with van der Waals surface area (Å²) in [5.74, 6) is -0.368. The van der Waals surface area contributed by atoms with Gasteiger partial charge in [-0.3, -0.25) is 14.8 Å². The Morgan fingerprint density at radius 3 is 2.46 bits per heavy atom. The molecule has 1 amide bonds. The Labute approximate surface area is 152 Å². The van der Waals surface area contributed by atoms with Gasteiger partial charge in [0.15, 0.2) is 0 Å². The third-order valence-corrected chi connectivity index (χ3v) is 4.34. The molecule has 3 rings (SSSR count). The molecule has 0 aliphatic carbocycles. The van der Waals surface area contributed by atoms with E-state index in [1.165, 1.54) is 6.07 Å². The predicted octanol–water partition coefficient (Wildman–Crippen LogP) is 4.18. The number of halogens is 1. The van der Waals surface area contributed by atoms with Gasteiger partial charge in [-0.25, -0.2) is 4.39 Å². The number of carbonyl (C=O) groups excluding carboxylic acids is 1. The number of benzene rings is 1. The molecule has 0 spiro atoms. The van der Waals surface area contributed by atoms with Crippen molar-refractivity contribution in [2.75, 3.05) is 6.54 Å². The molecule has 0 saturated heterocycles. The van der Waals surface area contributed by atoms with E-state index >= 15 is 0 Å². The fourth-order valence-corrected chi connectivity index (χ4v) is 3.03. The van der Waals surface area contributed by atoms with Crippen molar-refractivity contribution in [1.82, 2.24) is 14.9 Å². The summed E-state index contributed by atoms with van der Waals surface area (Å²) in [5.41, 5.74) is 2.84. The summed E-state index contributed by atoms with van der Waals surface area (Å²) in [7, 11) is 0. The van der Waals surface area contributed by atoms with Gasteiger partial charge in [0.05, 0.1) is 6.04 Å². The highest BCUT2D eigenvalue weighted by Gasteiger charge is 2.27. The molecule has 0 fully saturated rings. The highest BCUT2D eigenvalue weighted by molar-refractivity contribution is 5.94. The van der Waals surface area contributed by atoms with Crippen LogP contribution in [0.1, 0.15) is 40.0 Å². The summed E-state index contributed by atoms with van der Waals surface area (Å²) in [4.78, 5) is 23.1. The summed E-state index contributed by atoms with van der Waals surface area (Å²) < 4.78 is 13.8. The first kappa shape index (κ1) is 17.7. The number of rotatable bonds is 5. The van der Waals surface area contributed by atoms with Crippen LogP contribution in [-0.2, 0) is 0 Å². The van der Waals surface area contributed by atoms with Gasteiger partial charge in [0.25, 0.3) is 5.91 Å². The maximum absolute atomic E-state index is 13.8. The Morgan fingerprint density at radius 2 is 1.85 bits per heavy atom. The molecular weight excluding hydrogens is 329 g/mol. The van der Waals surface area contributed by atoms with Gasteiger partial charge < -0.3 is 4.90 Å². The average molecular weight is 349 g/mol. The Morgan fingerprint density at radius 1 is 1.08 bits per heavy atom. The number of pyridine rings is 2. The third-order valence-electron chi connectivity index (χ3n) is 4.34. The molecule has 0 aliphatic heterocycles. The van der Waals surface area contributed by atoms with E-state index < -0.39 is 0 Å². The minimum Gasteiger partial charge on any atom is -0.328 e. The monoisotopic (exact) mass is 349 g/mol. The van der Waals surface area contributed by atoms with Gasteiger partial charge in [0.2, 0.25) is 0 Å². The molecule has 2 aromatic heterocycles. The number of hydrogen-bond acceptors (Lipinski definition) is 3. The first-order valence-electron chi connectivity index (χ1n) is 8.48. The van der Waals surface area contributed by atoms with E-state index in [1.807, 2.05) is 19.1 Å². The van der Waals surface area contributed by atoms with Gasteiger partial charge in [0, 0.05) is 36.9 Å². The molecule has 26 heavy (non-hydrogen) atoms. The molecule has 0 N–H and O–H groups in total. The van der Waals surface area contributed by atoms with Gasteiger partial charge in [-0.15, -0.1) is 0 Å². The molecule has 1 aromatic carbocycles. The van der Waals surface area contributed by atoms with Crippen molar-refractivity contribution in [2.45, 2.75) is 19.9 Å². The lowest BCUT2D eigenvalue weighted by molar-refractivity contribution is 0.0716. The van der Waals surface area contributed by atoms with Crippen molar-refractivity contribution >= 4 is 5.91 Å². The zero-order valence-corrected chi connectivity index (χ0v) is 14.8. The number of hydrogen-bond donors (Lipinski definition) is 0. The van der Waals surface area contributed by atoms with Crippen molar-refractivity contribution < 1.29 is 9.18 Å². The zero-order chi connectivity index (χ0) is 18.5. The molecule has 4 nitrogen and oxygen atoms in total. The van der Waals surface area contributed by atoms with Crippen LogP contribution in [0.3, 0.4) is 0 Å². The van der Waals surface area contributed by atoms with Crippen molar-refractivity contribution in [1.29, 1.82) is 0 Å². The lowest BCUT2D eigenvalue weighted by Crippen LogP contribution is -2.35. The van der Waals surface area contributed by atoms with Crippen LogP contribution in [0.25, 0.3) is 0 Å². The minimum atomic E-state index is -0.353. The fourth-order valence-electron chi connectivity index (χ4n) is 3.03. The third kappa shape index (κ3) is 3.61. The fraction of sp³-hybridized carbons (Fsp3) is 0.190. The summed E-state index contributed by atoms with van der Waals surface area (Å²) in [5, 5.41) is 0. The number of carbonyl (C=O) groups is 1. The summed E-state index contributed by atoms with van der Waals surface area (Å²) >= 11 is 0. The second kappa shape index (κ2) is 7.87. The van der Waals surface area contributed by atoms with Crippen LogP contribution in [0.4, 0.5) is 4.39 Å². The molecule has 0 bridgehead atoms. The van der Waals surface area contributed by atoms with E-state index in [0.717, 1.165) is 11.1 Å². The van der Waals surface area contributed by atoms with Crippen LogP contribution in [0.15, 0.2) is 67.3 Å². The second-order valence-electron chi connectivity index (χ2n) is 6.02. The molecule has 0 radical (unpaired) electrons. The highest BCUT2D eigenvalue weighted by Crippen LogP contribution is 2.30. The van der Waals surface area contributed by atoms with Gasteiger partial charge >= 0.3 is 0 Å². The molecule has 5 heteroatoms. The molecule has 3 aromatic rings. The number of amides is 1. The van der Waals surface area contributed by atoms with E-state index in [1.54, 1.807) is 60.9 Å². The predicted molar refractivity (Wildman–Crippen MR) is 98.2 cm³/mol. The standard InChI is InChI=1S/C21H20FN3O/c1-3-25(21(26)16-8-11-23-12-9-16)20(18-5-4-10-24-14-18)17-6-7-19(22)15(2)13-17/h4-14,20H,3H2,1-2H3. The van der Waals surface area contributed by atoms with E-state index in [-0.39, 0.29) is 17.8 Å². The largest absolute Gasteiger partial charge is 0.328 e. The van der Waals surface area contributed by atoms with Crippen LogP contribution < -0.4 is 0 Å². The van der Waals surface area contributed by atoms with Gasteiger partial charge in [0.1, 0.15) is 5.82 Å². The SMILES string of the molecule is CCN(C(=O)c1ccncc1)C(c1cccnc1)c1ccc(F)c(C)c1. The van der Waals surface area contributed by atoms with E-state index in [0.29, 0.717) is 17.7 Å². The topological polar surface area (TPSA) is 46.1 Å². The lowest BCUT2D eigenvalue weighted by Gasteiger charge is -2.32. The molecule has 1 atom stereocenters. The Hall–Kier alpha value is -3.08. The Balaban J connectivity index is 2.09. The zero-order valence-electron chi connectivity index (χ0n) is 14.8. The molecule has 0 saturated carbocycles. The van der Waals surface area contributed by atoms with Crippen LogP contribution in [0, 0.1) is 12.7 Å². The first-order valence-corrected chi connectivity index (χ1v) is 8.48. The molecular formula is C21H20FN3O. The first-order chi connectivity index (χ1) is 12.6. The van der Waals surface area contributed by atoms with Crippen molar-refractivity contribution in [3.8, 4) is 0 Å². The lowest BCUT2D eigenvalue weighted by atomic mass is 9.96. The second-order valence-corrected chi connectivity index (χ2v) is 6.02. The van der Waals surface area contributed by atoms with Gasteiger partial charge in [-0.1, -0.05) is 18.2 Å². The smallest absolute Gasteiger partial charge is 0.254 e. The van der Waals surface area contributed by atoms with E-state index in [9.17, 15) is 9.18 Å². The summed E-state index contributed by atoms with van der Waals surface area (Å²) in [6, 6.07) is 11.8. The molecule has 1 unspecified atom stereocenters. The number of nitrogens with zero attached hydrogens (tertiary/aromatic N) is 3. The van der Waals surface area contributed by atoms with Crippen molar-refractivity contribution in [2.24, 2.45) is 0 Å². The van der Waals surface area contributed by atoms with Crippen LogP contribution in [0.5, 0.6) is 0 Å². The van der Waals surface area contributed by atoms with Gasteiger partial charge in [-0.2, -0.15) is 0 Å². The normalized spacial score (nSPS) is 11.8. The summed E-state index contributed by atoms with van der Waals surface area (Å²) in [6.45, 7) is 4.15. The number of aromatic nitrogens is 2. The highest BCUT2D eigenvalue weighted by atomic mass is 19.1. The van der Waals surface area contributed by atoms with Crippen LogP contribution >= 0.6 is 0 Å². The molecule has 132 valence electrons. The van der Waals surface area contributed by atoms with Crippen LogP contribution in [0.2, 0.25) is 0 Å². The summed E-state index contributed by atoms with van der Waals surface area (Å²) in [6.07, 6.45) is 6.63. The molecule has 2 heterocycles. The Bertz CT molecular complexity index is 884. The van der Waals surface area contributed by atoms with E-state index in [4.69, 9.17) is 0 Å². The quantitative estimate of drug-likeness (QED) is 0.694. The number of aryl methyl sites for hydroxylation is 1. The van der Waals surface area contributed by atoms with Gasteiger partial charge in [-0.05, 0) is 54.8 Å². The average Bonchev–Trinajstić information content (AvgIpc) is 2.69. The maximum atomic E-state index is 13.8. The minimum absolute atomic E-state index is 0.106. The van der Waals surface area contributed by atoms with Crippen molar-refractivity contribution in [3.63, 3.8) is 0 Å². The van der Waals surface area contributed by atoms with E-state index in [2.05, 4.69) is 9.97 Å².